The SMILES string of the molecule is OC[C@H]1CN2CCC[C@H]2CN1Cc1ccc2cc[nH]c2c1. The monoisotopic (exact) mass is 285 g/mol. The van der Waals surface area contributed by atoms with Crippen molar-refractivity contribution in [1.29, 1.82) is 0 Å². The normalized spacial score (nSPS) is 27.3. The van der Waals surface area contributed by atoms with Crippen LogP contribution in [0.2, 0.25) is 0 Å². The van der Waals surface area contributed by atoms with Crippen LogP contribution in [0.3, 0.4) is 0 Å². The molecule has 2 aromatic rings. The summed E-state index contributed by atoms with van der Waals surface area (Å²) in [6.07, 6.45) is 4.61. The molecule has 112 valence electrons. The number of H-pyrrole nitrogens is 1. The van der Waals surface area contributed by atoms with E-state index in [2.05, 4.69) is 39.0 Å². The minimum absolute atomic E-state index is 0.258. The zero-order valence-corrected chi connectivity index (χ0v) is 12.3. The van der Waals surface area contributed by atoms with Crippen LogP contribution in [0.4, 0.5) is 0 Å². The Balaban J connectivity index is 1.53. The molecule has 0 spiro atoms. The predicted molar refractivity (Wildman–Crippen MR) is 84.2 cm³/mol. The van der Waals surface area contributed by atoms with Crippen molar-refractivity contribution in [1.82, 2.24) is 14.8 Å². The Morgan fingerprint density at radius 3 is 3.10 bits per heavy atom. The highest BCUT2D eigenvalue weighted by atomic mass is 16.3. The molecule has 4 rings (SSSR count). The van der Waals surface area contributed by atoms with E-state index in [0.717, 1.165) is 19.6 Å². The molecule has 2 aliphatic rings. The third-order valence-corrected chi connectivity index (χ3v) is 5.12. The predicted octanol–water partition coefficient (Wildman–Crippen LogP) is 1.81. The number of nitrogens with zero attached hydrogens (tertiary/aromatic N) is 2. The van der Waals surface area contributed by atoms with Crippen molar-refractivity contribution in [3.05, 3.63) is 36.0 Å². The van der Waals surface area contributed by atoms with Gasteiger partial charge in [-0.05, 0) is 42.5 Å². The zero-order chi connectivity index (χ0) is 14.2. The Hall–Kier alpha value is -1.36. The fraction of sp³-hybridized carbons (Fsp3) is 0.529. The van der Waals surface area contributed by atoms with E-state index in [0.29, 0.717) is 6.04 Å². The van der Waals surface area contributed by atoms with E-state index in [1.165, 1.54) is 35.9 Å². The van der Waals surface area contributed by atoms with Gasteiger partial charge < -0.3 is 10.1 Å². The number of aliphatic hydroxyl groups excluding tert-OH is 1. The first kappa shape index (κ1) is 13.3. The highest BCUT2D eigenvalue weighted by Crippen LogP contribution is 2.26. The molecule has 0 unspecified atom stereocenters. The van der Waals surface area contributed by atoms with E-state index in [-0.39, 0.29) is 12.6 Å². The summed E-state index contributed by atoms with van der Waals surface area (Å²) in [4.78, 5) is 8.31. The lowest BCUT2D eigenvalue weighted by molar-refractivity contribution is 0.0170. The number of rotatable bonds is 3. The van der Waals surface area contributed by atoms with Crippen LogP contribution < -0.4 is 0 Å². The smallest absolute Gasteiger partial charge is 0.0599 e. The summed E-state index contributed by atoms with van der Waals surface area (Å²) in [6.45, 7) is 4.52. The largest absolute Gasteiger partial charge is 0.395 e. The molecule has 1 aromatic heterocycles. The van der Waals surface area contributed by atoms with E-state index < -0.39 is 0 Å². The van der Waals surface area contributed by atoms with Crippen LogP contribution in [0.1, 0.15) is 18.4 Å². The van der Waals surface area contributed by atoms with Crippen LogP contribution >= 0.6 is 0 Å². The Labute approximate surface area is 125 Å². The standard InChI is InChI=1S/C17H23N3O/c21-12-16-11-19-7-1-2-15(19)10-20(16)9-13-3-4-14-5-6-18-17(14)8-13/h3-6,8,15-16,18,21H,1-2,7,9-12H2/t15-,16+/m0/s1. The summed E-state index contributed by atoms with van der Waals surface area (Å²) in [5, 5.41) is 11.0. The zero-order valence-electron chi connectivity index (χ0n) is 12.3. The van der Waals surface area contributed by atoms with Gasteiger partial charge >= 0.3 is 0 Å². The lowest BCUT2D eigenvalue weighted by Crippen LogP contribution is -2.56. The van der Waals surface area contributed by atoms with Gasteiger partial charge in [-0.15, -0.1) is 0 Å². The second-order valence-corrected chi connectivity index (χ2v) is 6.46. The molecule has 1 aromatic carbocycles. The lowest BCUT2D eigenvalue weighted by Gasteiger charge is -2.43. The van der Waals surface area contributed by atoms with Gasteiger partial charge in [-0.2, -0.15) is 0 Å². The van der Waals surface area contributed by atoms with Gasteiger partial charge in [0.1, 0.15) is 0 Å². The molecule has 2 saturated heterocycles. The van der Waals surface area contributed by atoms with Crippen molar-refractivity contribution in [2.75, 3.05) is 26.2 Å². The molecule has 2 aliphatic heterocycles. The van der Waals surface area contributed by atoms with Gasteiger partial charge in [0.05, 0.1) is 6.61 Å². The molecule has 0 amide bonds. The molecule has 3 heterocycles. The second kappa shape index (κ2) is 5.44. The first-order chi connectivity index (χ1) is 10.3. The van der Waals surface area contributed by atoms with Crippen LogP contribution in [0, 0.1) is 0 Å². The number of fused-ring (bicyclic) bond motifs is 2. The van der Waals surface area contributed by atoms with Crippen LogP contribution in [0.5, 0.6) is 0 Å². The number of aromatic amines is 1. The number of piperazine rings is 1. The van der Waals surface area contributed by atoms with Crippen LogP contribution in [-0.2, 0) is 6.54 Å². The van der Waals surface area contributed by atoms with E-state index in [1.807, 2.05) is 6.20 Å². The number of nitrogens with one attached hydrogen (secondary N) is 1. The summed E-state index contributed by atoms with van der Waals surface area (Å²) in [5.41, 5.74) is 2.53. The van der Waals surface area contributed by atoms with Gasteiger partial charge in [0.15, 0.2) is 0 Å². The quantitative estimate of drug-likeness (QED) is 0.904. The molecular weight excluding hydrogens is 262 g/mol. The van der Waals surface area contributed by atoms with E-state index >= 15 is 0 Å². The van der Waals surface area contributed by atoms with E-state index in [1.54, 1.807) is 0 Å². The van der Waals surface area contributed by atoms with Crippen LogP contribution in [-0.4, -0.2) is 58.2 Å². The third-order valence-electron chi connectivity index (χ3n) is 5.12. The van der Waals surface area contributed by atoms with Crippen molar-refractivity contribution < 1.29 is 5.11 Å². The maximum atomic E-state index is 9.72. The van der Waals surface area contributed by atoms with Crippen molar-refractivity contribution in [2.24, 2.45) is 0 Å². The average molecular weight is 285 g/mol. The topological polar surface area (TPSA) is 42.5 Å². The van der Waals surface area contributed by atoms with Gasteiger partial charge in [0.25, 0.3) is 0 Å². The van der Waals surface area contributed by atoms with Gasteiger partial charge in [-0.1, -0.05) is 12.1 Å². The lowest BCUT2D eigenvalue weighted by atomic mass is 10.1. The summed E-state index contributed by atoms with van der Waals surface area (Å²) >= 11 is 0. The van der Waals surface area contributed by atoms with Crippen LogP contribution in [0.15, 0.2) is 30.5 Å². The Kier molecular flexibility index (Phi) is 3.45. The Morgan fingerprint density at radius 1 is 1.24 bits per heavy atom. The van der Waals surface area contributed by atoms with Gasteiger partial charge in [-0.25, -0.2) is 0 Å². The first-order valence-electron chi connectivity index (χ1n) is 7.98. The van der Waals surface area contributed by atoms with Gasteiger partial charge in [-0.3, -0.25) is 9.80 Å². The van der Waals surface area contributed by atoms with Gasteiger partial charge in [0, 0.05) is 43.4 Å². The molecule has 0 radical (unpaired) electrons. The Bertz CT molecular complexity index is 623. The fourth-order valence-corrected chi connectivity index (χ4v) is 3.94. The molecule has 0 bridgehead atoms. The van der Waals surface area contributed by atoms with E-state index in [4.69, 9.17) is 0 Å². The summed E-state index contributed by atoms with van der Waals surface area (Å²) in [6, 6.07) is 9.71. The van der Waals surface area contributed by atoms with Crippen molar-refractivity contribution in [3.8, 4) is 0 Å². The number of hydrogen-bond acceptors (Lipinski definition) is 3. The summed E-state index contributed by atoms with van der Waals surface area (Å²) in [7, 11) is 0. The molecular formula is C17H23N3O. The molecule has 4 nitrogen and oxygen atoms in total. The second-order valence-electron chi connectivity index (χ2n) is 6.46. The average Bonchev–Trinajstić information content (AvgIpc) is 3.13. The summed E-state index contributed by atoms with van der Waals surface area (Å²) < 4.78 is 0. The maximum absolute atomic E-state index is 9.72. The highest BCUT2D eigenvalue weighted by molar-refractivity contribution is 5.79. The van der Waals surface area contributed by atoms with E-state index in [9.17, 15) is 5.11 Å². The molecule has 0 saturated carbocycles. The fourth-order valence-electron chi connectivity index (χ4n) is 3.94. The Morgan fingerprint density at radius 2 is 2.19 bits per heavy atom. The first-order valence-corrected chi connectivity index (χ1v) is 7.98. The number of benzene rings is 1. The molecule has 21 heavy (non-hydrogen) atoms. The molecule has 2 atom stereocenters. The minimum atomic E-state index is 0.258. The molecule has 4 heteroatoms. The third kappa shape index (κ3) is 2.48. The van der Waals surface area contributed by atoms with Crippen LogP contribution in [0.25, 0.3) is 10.9 Å². The molecule has 2 fully saturated rings. The number of hydrogen-bond donors (Lipinski definition) is 2. The number of aromatic nitrogens is 1. The van der Waals surface area contributed by atoms with Crippen molar-refractivity contribution in [2.45, 2.75) is 31.5 Å². The molecule has 2 N–H and O–H groups in total. The summed E-state index contributed by atoms with van der Waals surface area (Å²) in [5.74, 6) is 0. The van der Waals surface area contributed by atoms with Gasteiger partial charge in [0.2, 0.25) is 0 Å². The van der Waals surface area contributed by atoms with Crippen molar-refractivity contribution >= 4 is 10.9 Å². The highest BCUT2D eigenvalue weighted by Gasteiger charge is 2.35. The van der Waals surface area contributed by atoms with Crippen molar-refractivity contribution in [3.63, 3.8) is 0 Å². The molecule has 0 aliphatic carbocycles. The number of aliphatic hydroxyl groups is 1. The maximum Gasteiger partial charge on any atom is 0.0599 e. The minimum Gasteiger partial charge on any atom is -0.395 e.